The Morgan fingerprint density at radius 2 is 1.64 bits per heavy atom. The van der Waals surface area contributed by atoms with Gasteiger partial charge in [-0.15, -0.1) is 0 Å². The van der Waals surface area contributed by atoms with Gasteiger partial charge in [0.2, 0.25) is 0 Å². The van der Waals surface area contributed by atoms with Crippen molar-refractivity contribution in [2.24, 2.45) is 0 Å². The summed E-state index contributed by atoms with van der Waals surface area (Å²) in [6.07, 6.45) is 2.07. The molecule has 0 aromatic heterocycles. The Hall–Kier alpha value is -1.19. The van der Waals surface area contributed by atoms with Crippen molar-refractivity contribution in [2.75, 3.05) is 7.11 Å². The minimum absolute atomic E-state index is 0.125. The standard InChI is InChI=1S/C10H16O4/c1-8(11)5-3-4-6-9(12)7-10(13)14-2/h3-7H2,1-2H3. The predicted octanol–water partition coefficient (Wildman–Crippen LogP) is 1.27. The molecule has 80 valence electrons. The van der Waals surface area contributed by atoms with Crippen LogP contribution in [0.4, 0.5) is 0 Å². The number of ether oxygens (including phenoxy) is 1. The van der Waals surface area contributed by atoms with E-state index in [0.29, 0.717) is 25.7 Å². The molecule has 0 N–H and O–H groups in total. The highest BCUT2D eigenvalue weighted by atomic mass is 16.5. The summed E-state index contributed by atoms with van der Waals surface area (Å²) in [6, 6.07) is 0. The van der Waals surface area contributed by atoms with E-state index in [1.54, 1.807) is 0 Å². The van der Waals surface area contributed by atoms with Crippen molar-refractivity contribution >= 4 is 17.5 Å². The fourth-order valence-corrected chi connectivity index (χ4v) is 1.02. The van der Waals surface area contributed by atoms with Crippen LogP contribution in [0.25, 0.3) is 0 Å². The van der Waals surface area contributed by atoms with Crippen LogP contribution in [-0.4, -0.2) is 24.6 Å². The zero-order valence-electron chi connectivity index (χ0n) is 8.67. The van der Waals surface area contributed by atoms with Crippen molar-refractivity contribution in [1.29, 1.82) is 0 Å². The quantitative estimate of drug-likeness (QED) is 0.353. The highest BCUT2D eigenvalue weighted by Crippen LogP contribution is 2.03. The van der Waals surface area contributed by atoms with Crippen LogP contribution >= 0.6 is 0 Å². The molecule has 0 spiro atoms. The van der Waals surface area contributed by atoms with E-state index in [0.717, 1.165) is 0 Å². The second kappa shape index (κ2) is 7.24. The zero-order chi connectivity index (χ0) is 11.0. The number of rotatable bonds is 7. The normalized spacial score (nSPS) is 9.57. The number of hydrogen-bond donors (Lipinski definition) is 0. The second-order valence-electron chi connectivity index (χ2n) is 3.20. The van der Waals surface area contributed by atoms with E-state index in [1.165, 1.54) is 14.0 Å². The summed E-state index contributed by atoms with van der Waals surface area (Å²) < 4.78 is 4.35. The molecule has 0 heterocycles. The minimum Gasteiger partial charge on any atom is -0.469 e. The maximum absolute atomic E-state index is 11.1. The van der Waals surface area contributed by atoms with Crippen molar-refractivity contribution in [3.05, 3.63) is 0 Å². The predicted molar refractivity (Wildman–Crippen MR) is 50.8 cm³/mol. The Morgan fingerprint density at radius 1 is 1.07 bits per heavy atom. The first-order valence-electron chi connectivity index (χ1n) is 4.64. The molecule has 0 fully saturated rings. The van der Waals surface area contributed by atoms with E-state index < -0.39 is 5.97 Å². The van der Waals surface area contributed by atoms with Crippen LogP contribution in [0.5, 0.6) is 0 Å². The van der Waals surface area contributed by atoms with Crippen LogP contribution in [0, 0.1) is 0 Å². The minimum atomic E-state index is -0.499. The van der Waals surface area contributed by atoms with Crippen molar-refractivity contribution in [3.63, 3.8) is 0 Å². The maximum Gasteiger partial charge on any atom is 0.313 e. The Morgan fingerprint density at radius 3 is 2.14 bits per heavy atom. The highest BCUT2D eigenvalue weighted by molar-refractivity contribution is 5.95. The number of ketones is 2. The van der Waals surface area contributed by atoms with Gasteiger partial charge < -0.3 is 9.53 Å². The van der Waals surface area contributed by atoms with E-state index >= 15 is 0 Å². The molecule has 0 atom stereocenters. The van der Waals surface area contributed by atoms with Crippen molar-refractivity contribution < 1.29 is 19.1 Å². The average Bonchev–Trinajstić information content (AvgIpc) is 2.12. The lowest BCUT2D eigenvalue weighted by Gasteiger charge is -1.99. The van der Waals surface area contributed by atoms with E-state index in [-0.39, 0.29) is 18.0 Å². The van der Waals surface area contributed by atoms with Gasteiger partial charge >= 0.3 is 5.97 Å². The second-order valence-corrected chi connectivity index (χ2v) is 3.20. The van der Waals surface area contributed by atoms with Crippen molar-refractivity contribution in [1.82, 2.24) is 0 Å². The van der Waals surface area contributed by atoms with Crippen LogP contribution in [0.1, 0.15) is 39.0 Å². The summed E-state index contributed by atoms with van der Waals surface area (Å²) in [7, 11) is 1.26. The number of esters is 1. The lowest BCUT2D eigenvalue weighted by atomic mass is 10.1. The van der Waals surface area contributed by atoms with Crippen LogP contribution in [0.2, 0.25) is 0 Å². The third-order valence-electron chi connectivity index (χ3n) is 1.80. The van der Waals surface area contributed by atoms with Gasteiger partial charge in [-0.3, -0.25) is 9.59 Å². The number of methoxy groups -OCH3 is 1. The molecular formula is C10H16O4. The molecule has 0 saturated carbocycles. The van der Waals surface area contributed by atoms with Gasteiger partial charge in [-0.25, -0.2) is 0 Å². The van der Waals surface area contributed by atoms with Crippen molar-refractivity contribution in [3.8, 4) is 0 Å². The van der Waals surface area contributed by atoms with Gasteiger partial charge in [-0.2, -0.15) is 0 Å². The summed E-state index contributed by atoms with van der Waals surface area (Å²) in [5.74, 6) is -0.493. The Labute approximate surface area is 83.6 Å². The van der Waals surface area contributed by atoms with Gasteiger partial charge in [-0.1, -0.05) is 0 Å². The molecule has 0 saturated heterocycles. The molecule has 14 heavy (non-hydrogen) atoms. The first-order valence-corrected chi connectivity index (χ1v) is 4.64. The van der Waals surface area contributed by atoms with Crippen LogP contribution in [0.3, 0.4) is 0 Å². The smallest absolute Gasteiger partial charge is 0.313 e. The Bertz CT molecular complexity index is 220. The molecule has 4 nitrogen and oxygen atoms in total. The maximum atomic E-state index is 11.1. The summed E-state index contributed by atoms with van der Waals surface area (Å²) in [5.41, 5.74) is 0. The molecule has 0 aromatic carbocycles. The average molecular weight is 200 g/mol. The first-order chi connectivity index (χ1) is 6.56. The van der Waals surface area contributed by atoms with E-state index in [4.69, 9.17) is 0 Å². The molecule has 0 rings (SSSR count). The first kappa shape index (κ1) is 12.8. The molecule has 0 aliphatic rings. The summed E-state index contributed by atoms with van der Waals surface area (Å²) in [6.45, 7) is 1.52. The SMILES string of the molecule is COC(=O)CC(=O)CCCCC(C)=O. The fraction of sp³-hybridized carbons (Fsp3) is 0.700. The zero-order valence-corrected chi connectivity index (χ0v) is 8.67. The third-order valence-corrected chi connectivity index (χ3v) is 1.80. The number of carbonyl (C=O) groups is 3. The van der Waals surface area contributed by atoms with Crippen molar-refractivity contribution in [2.45, 2.75) is 39.0 Å². The molecule has 4 heteroatoms. The topological polar surface area (TPSA) is 60.4 Å². The molecule has 0 bridgehead atoms. The van der Waals surface area contributed by atoms with Gasteiger partial charge in [0.15, 0.2) is 0 Å². The number of hydrogen-bond acceptors (Lipinski definition) is 4. The van der Waals surface area contributed by atoms with Gasteiger partial charge in [0.05, 0.1) is 7.11 Å². The highest BCUT2D eigenvalue weighted by Gasteiger charge is 2.08. The summed E-state index contributed by atoms with van der Waals surface area (Å²) >= 11 is 0. The van der Waals surface area contributed by atoms with Gasteiger partial charge in [0, 0.05) is 12.8 Å². The summed E-state index contributed by atoms with van der Waals surface area (Å²) in [4.78, 5) is 32.3. The Kier molecular flexibility index (Phi) is 6.62. The summed E-state index contributed by atoms with van der Waals surface area (Å²) in [5, 5.41) is 0. The molecule has 0 amide bonds. The molecule has 0 aliphatic carbocycles. The van der Waals surface area contributed by atoms with Gasteiger partial charge in [0.25, 0.3) is 0 Å². The Balaban J connectivity index is 3.45. The van der Waals surface area contributed by atoms with E-state index in [1.807, 2.05) is 0 Å². The number of carbonyl (C=O) groups excluding carboxylic acids is 3. The molecule has 0 radical (unpaired) electrons. The molecule has 0 unspecified atom stereocenters. The largest absolute Gasteiger partial charge is 0.469 e. The van der Waals surface area contributed by atoms with E-state index in [2.05, 4.69) is 4.74 Å². The van der Waals surface area contributed by atoms with Crippen LogP contribution < -0.4 is 0 Å². The van der Waals surface area contributed by atoms with Gasteiger partial charge in [-0.05, 0) is 19.8 Å². The lowest BCUT2D eigenvalue weighted by Crippen LogP contribution is -2.08. The monoisotopic (exact) mass is 200 g/mol. The lowest BCUT2D eigenvalue weighted by molar-refractivity contribution is -0.143. The van der Waals surface area contributed by atoms with Gasteiger partial charge in [0.1, 0.15) is 18.0 Å². The third kappa shape index (κ3) is 7.46. The van der Waals surface area contributed by atoms with Crippen LogP contribution in [-0.2, 0) is 19.1 Å². The fourth-order valence-electron chi connectivity index (χ4n) is 1.02. The molecule has 0 aliphatic heterocycles. The van der Waals surface area contributed by atoms with Crippen LogP contribution in [0.15, 0.2) is 0 Å². The molecule has 0 aromatic rings. The van der Waals surface area contributed by atoms with E-state index in [9.17, 15) is 14.4 Å². The number of Topliss-reactive ketones (excluding diaryl/α,β-unsaturated/α-hetero) is 2. The number of unbranched alkanes of at least 4 members (excludes halogenated alkanes) is 1. The molecular weight excluding hydrogens is 184 g/mol.